The summed E-state index contributed by atoms with van der Waals surface area (Å²) in [6.45, 7) is 2.94. The van der Waals surface area contributed by atoms with Crippen molar-refractivity contribution < 1.29 is 19.1 Å². The van der Waals surface area contributed by atoms with Gasteiger partial charge in [0.1, 0.15) is 13.2 Å². The van der Waals surface area contributed by atoms with E-state index in [9.17, 15) is 9.59 Å². The molecule has 1 aliphatic heterocycles. The van der Waals surface area contributed by atoms with E-state index in [0.717, 1.165) is 5.56 Å². The number of pyridine rings is 1. The van der Waals surface area contributed by atoms with Crippen molar-refractivity contribution in [2.45, 2.75) is 6.92 Å². The lowest BCUT2D eigenvalue weighted by Crippen LogP contribution is -2.17. The van der Waals surface area contributed by atoms with Crippen LogP contribution in [0, 0.1) is 6.92 Å². The number of aromatic nitrogens is 1. The number of carbonyl (C=O) groups is 2. The highest BCUT2D eigenvalue weighted by atomic mass is 16.6. The molecule has 146 valence electrons. The first-order chi connectivity index (χ1) is 14.1. The van der Waals surface area contributed by atoms with Crippen LogP contribution in [-0.4, -0.2) is 30.0 Å². The van der Waals surface area contributed by atoms with Crippen molar-refractivity contribution in [3.63, 3.8) is 0 Å². The summed E-state index contributed by atoms with van der Waals surface area (Å²) in [6, 6.07) is 14.1. The van der Waals surface area contributed by atoms with Gasteiger partial charge in [0.15, 0.2) is 11.5 Å². The van der Waals surface area contributed by atoms with Crippen molar-refractivity contribution in [1.29, 1.82) is 0 Å². The van der Waals surface area contributed by atoms with Gasteiger partial charge in [0, 0.05) is 29.8 Å². The van der Waals surface area contributed by atoms with Gasteiger partial charge in [0.05, 0.1) is 11.1 Å². The first-order valence-electron chi connectivity index (χ1n) is 9.12. The molecule has 2 N–H and O–H groups in total. The smallest absolute Gasteiger partial charge is 0.257 e. The summed E-state index contributed by atoms with van der Waals surface area (Å²) in [5.74, 6) is 0.513. The van der Waals surface area contributed by atoms with Gasteiger partial charge in [-0.05, 0) is 37.3 Å². The number of ether oxygens (including phenoxy) is 2. The zero-order valence-corrected chi connectivity index (χ0v) is 15.8. The molecule has 2 amide bonds. The monoisotopic (exact) mass is 389 g/mol. The van der Waals surface area contributed by atoms with E-state index in [0.29, 0.717) is 41.7 Å². The largest absolute Gasteiger partial charge is 0.486 e. The first kappa shape index (κ1) is 18.5. The number of fused-ring (bicyclic) bond motifs is 1. The molecule has 0 saturated heterocycles. The molecule has 0 radical (unpaired) electrons. The van der Waals surface area contributed by atoms with Crippen molar-refractivity contribution >= 4 is 23.2 Å². The van der Waals surface area contributed by atoms with Crippen LogP contribution in [0.5, 0.6) is 11.5 Å². The molecule has 1 aromatic heterocycles. The highest BCUT2D eigenvalue weighted by molar-refractivity contribution is 6.08. The summed E-state index contributed by atoms with van der Waals surface area (Å²) >= 11 is 0. The van der Waals surface area contributed by atoms with E-state index < -0.39 is 0 Å². The van der Waals surface area contributed by atoms with Crippen molar-refractivity contribution in [3.8, 4) is 11.5 Å². The third kappa shape index (κ3) is 4.35. The molecular weight excluding hydrogens is 370 g/mol. The second-order valence-electron chi connectivity index (χ2n) is 6.60. The SMILES string of the molecule is Cc1ccc(NC(=O)c2cncc(C(=O)Nc3ccc4c(c3)OCCO4)c2)cc1. The van der Waals surface area contributed by atoms with Gasteiger partial charge in [-0.3, -0.25) is 14.6 Å². The molecule has 0 aliphatic carbocycles. The van der Waals surface area contributed by atoms with E-state index in [1.54, 1.807) is 18.2 Å². The first-order valence-corrected chi connectivity index (χ1v) is 9.12. The molecule has 0 atom stereocenters. The maximum Gasteiger partial charge on any atom is 0.257 e. The summed E-state index contributed by atoms with van der Waals surface area (Å²) < 4.78 is 11.0. The number of carbonyl (C=O) groups excluding carboxylic acids is 2. The number of hydrogen-bond acceptors (Lipinski definition) is 5. The van der Waals surface area contributed by atoms with Gasteiger partial charge in [0.25, 0.3) is 11.8 Å². The Balaban J connectivity index is 1.47. The van der Waals surface area contributed by atoms with Gasteiger partial charge in [-0.1, -0.05) is 17.7 Å². The van der Waals surface area contributed by atoms with E-state index in [1.165, 1.54) is 18.5 Å². The Labute approximate surface area is 167 Å². The predicted molar refractivity (Wildman–Crippen MR) is 109 cm³/mol. The average molecular weight is 389 g/mol. The number of hydrogen-bond donors (Lipinski definition) is 2. The van der Waals surface area contributed by atoms with Crippen LogP contribution in [0.4, 0.5) is 11.4 Å². The second kappa shape index (κ2) is 8.02. The lowest BCUT2D eigenvalue weighted by atomic mass is 10.1. The maximum absolute atomic E-state index is 12.6. The maximum atomic E-state index is 12.6. The molecule has 0 saturated carbocycles. The van der Waals surface area contributed by atoms with Gasteiger partial charge in [0.2, 0.25) is 0 Å². The molecule has 3 aromatic rings. The fourth-order valence-electron chi connectivity index (χ4n) is 2.85. The Morgan fingerprint density at radius 3 is 2.07 bits per heavy atom. The molecule has 7 nitrogen and oxygen atoms in total. The quantitative estimate of drug-likeness (QED) is 0.711. The minimum atomic E-state index is -0.376. The van der Waals surface area contributed by atoms with Crippen molar-refractivity contribution in [2.24, 2.45) is 0 Å². The molecule has 7 heteroatoms. The summed E-state index contributed by atoms with van der Waals surface area (Å²) in [5, 5.41) is 5.58. The van der Waals surface area contributed by atoms with Gasteiger partial charge < -0.3 is 20.1 Å². The normalized spacial score (nSPS) is 12.2. The van der Waals surface area contributed by atoms with Crippen LogP contribution in [0.1, 0.15) is 26.3 Å². The van der Waals surface area contributed by atoms with Gasteiger partial charge >= 0.3 is 0 Å². The summed E-state index contributed by atoms with van der Waals surface area (Å²) in [5.41, 5.74) is 2.90. The highest BCUT2D eigenvalue weighted by Gasteiger charge is 2.15. The Morgan fingerprint density at radius 1 is 0.793 bits per heavy atom. The minimum Gasteiger partial charge on any atom is -0.486 e. The third-order valence-corrected chi connectivity index (χ3v) is 4.37. The number of nitrogens with zero attached hydrogens (tertiary/aromatic N) is 1. The Hall–Kier alpha value is -3.87. The third-order valence-electron chi connectivity index (χ3n) is 4.37. The molecule has 0 fully saturated rings. The van der Waals surface area contributed by atoms with Gasteiger partial charge in [-0.25, -0.2) is 0 Å². The molecule has 2 heterocycles. The minimum absolute atomic E-state index is 0.274. The van der Waals surface area contributed by atoms with Crippen LogP contribution in [0.15, 0.2) is 60.9 Å². The fourth-order valence-corrected chi connectivity index (χ4v) is 2.85. The van der Waals surface area contributed by atoms with Crippen LogP contribution in [0.25, 0.3) is 0 Å². The van der Waals surface area contributed by atoms with E-state index in [-0.39, 0.29) is 17.4 Å². The van der Waals surface area contributed by atoms with Crippen LogP contribution in [0.3, 0.4) is 0 Å². The zero-order valence-electron chi connectivity index (χ0n) is 15.8. The van der Waals surface area contributed by atoms with E-state index >= 15 is 0 Å². The summed E-state index contributed by atoms with van der Waals surface area (Å²) in [7, 11) is 0. The topological polar surface area (TPSA) is 89.6 Å². The van der Waals surface area contributed by atoms with Crippen molar-refractivity contribution in [3.05, 3.63) is 77.6 Å². The van der Waals surface area contributed by atoms with Crippen LogP contribution < -0.4 is 20.1 Å². The molecule has 4 rings (SSSR count). The van der Waals surface area contributed by atoms with Crippen LogP contribution in [-0.2, 0) is 0 Å². The standard InChI is InChI=1S/C22H19N3O4/c1-14-2-4-17(5-3-14)24-21(26)15-10-16(13-23-12-15)22(27)25-18-6-7-19-20(11-18)29-9-8-28-19/h2-7,10-13H,8-9H2,1H3,(H,24,26)(H,25,27). The number of anilines is 2. The summed E-state index contributed by atoms with van der Waals surface area (Å²) in [4.78, 5) is 29.1. The molecule has 1 aliphatic rings. The Morgan fingerprint density at radius 2 is 1.38 bits per heavy atom. The number of benzene rings is 2. The Bertz CT molecular complexity index is 1060. The molecular formula is C22H19N3O4. The predicted octanol–water partition coefficient (Wildman–Crippen LogP) is 3.67. The number of aryl methyl sites for hydroxylation is 1. The van der Waals surface area contributed by atoms with E-state index in [2.05, 4.69) is 15.6 Å². The van der Waals surface area contributed by atoms with Crippen molar-refractivity contribution in [2.75, 3.05) is 23.8 Å². The Kier molecular flexibility index (Phi) is 5.11. The van der Waals surface area contributed by atoms with Gasteiger partial charge in [-0.15, -0.1) is 0 Å². The molecule has 2 aromatic carbocycles. The van der Waals surface area contributed by atoms with Crippen LogP contribution in [0.2, 0.25) is 0 Å². The van der Waals surface area contributed by atoms with E-state index in [4.69, 9.17) is 9.47 Å². The second-order valence-corrected chi connectivity index (χ2v) is 6.60. The van der Waals surface area contributed by atoms with Crippen LogP contribution >= 0.6 is 0 Å². The average Bonchev–Trinajstić information content (AvgIpc) is 2.75. The molecule has 29 heavy (non-hydrogen) atoms. The van der Waals surface area contributed by atoms with E-state index in [1.807, 2.05) is 31.2 Å². The highest BCUT2D eigenvalue weighted by Crippen LogP contribution is 2.32. The number of amides is 2. The number of rotatable bonds is 4. The molecule has 0 spiro atoms. The van der Waals surface area contributed by atoms with Crippen molar-refractivity contribution in [1.82, 2.24) is 4.98 Å². The fraction of sp³-hybridized carbons (Fsp3) is 0.136. The number of nitrogens with one attached hydrogen (secondary N) is 2. The van der Waals surface area contributed by atoms with Gasteiger partial charge in [-0.2, -0.15) is 0 Å². The lowest BCUT2D eigenvalue weighted by Gasteiger charge is -2.19. The summed E-state index contributed by atoms with van der Waals surface area (Å²) in [6.07, 6.45) is 2.83. The lowest BCUT2D eigenvalue weighted by molar-refractivity contribution is 0.102. The molecule has 0 unspecified atom stereocenters. The molecule has 0 bridgehead atoms. The zero-order chi connectivity index (χ0) is 20.2.